The van der Waals surface area contributed by atoms with Gasteiger partial charge in [-0.1, -0.05) is 26.3 Å². The standard InChI is InChI=1S/C35H50N4O9/c1-5-30(40)36-17-9-13-21-45-27-25-28(46-22-14-10-18-37-31(41)6-2)34(35(44)48-24-16-12-20-39-33(43)8-4)29(26-27)47-23-15-11-19-38-32(42)7-3/h5-8,25-26H,1-4,9-24H2,(H,36,40)(H,37,41)(H,38,42)(H,39,43). The number of ether oxygens (including phenoxy) is 4. The van der Waals surface area contributed by atoms with Crippen LogP contribution in [-0.2, 0) is 23.9 Å². The van der Waals surface area contributed by atoms with Crippen LogP contribution in [0.1, 0.15) is 61.7 Å². The van der Waals surface area contributed by atoms with Crippen molar-refractivity contribution in [2.24, 2.45) is 0 Å². The van der Waals surface area contributed by atoms with Gasteiger partial charge in [0.2, 0.25) is 23.6 Å². The van der Waals surface area contributed by atoms with E-state index in [1.165, 1.54) is 24.3 Å². The van der Waals surface area contributed by atoms with Crippen LogP contribution in [0.25, 0.3) is 0 Å². The lowest BCUT2D eigenvalue weighted by atomic mass is 10.1. The summed E-state index contributed by atoms with van der Waals surface area (Å²) in [6.07, 6.45) is 9.66. The van der Waals surface area contributed by atoms with Crippen molar-refractivity contribution in [3.8, 4) is 17.2 Å². The highest BCUT2D eigenvalue weighted by molar-refractivity contribution is 5.96. The molecule has 0 aliphatic heterocycles. The van der Waals surface area contributed by atoms with Crippen LogP contribution in [0.5, 0.6) is 17.2 Å². The molecule has 0 heterocycles. The maximum absolute atomic E-state index is 13.4. The maximum atomic E-state index is 13.4. The molecule has 4 amide bonds. The molecule has 0 aromatic heterocycles. The van der Waals surface area contributed by atoms with Gasteiger partial charge in [0.25, 0.3) is 0 Å². The fourth-order valence-corrected chi connectivity index (χ4v) is 3.91. The van der Waals surface area contributed by atoms with Crippen molar-refractivity contribution in [3.63, 3.8) is 0 Å². The molecular weight excluding hydrogens is 620 g/mol. The molecule has 1 aromatic carbocycles. The third-order valence-corrected chi connectivity index (χ3v) is 6.48. The van der Waals surface area contributed by atoms with Crippen LogP contribution in [-0.4, -0.2) is 82.2 Å². The summed E-state index contributed by atoms with van der Waals surface area (Å²) < 4.78 is 23.7. The van der Waals surface area contributed by atoms with E-state index in [1.54, 1.807) is 12.1 Å². The van der Waals surface area contributed by atoms with Gasteiger partial charge in [0.05, 0.1) is 26.4 Å². The normalized spacial score (nSPS) is 10.1. The predicted molar refractivity (Wildman–Crippen MR) is 183 cm³/mol. The number of esters is 1. The number of hydrogen-bond acceptors (Lipinski definition) is 9. The number of hydrogen-bond donors (Lipinski definition) is 4. The van der Waals surface area contributed by atoms with Gasteiger partial charge in [0.1, 0.15) is 22.8 Å². The second-order valence-corrected chi connectivity index (χ2v) is 10.3. The summed E-state index contributed by atoms with van der Waals surface area (Å²) >= 11 is 0. The molecule has 264 valence electrons. The minimum Gasteiger partial charge on any atom is -0.493 e. The molecule has 4 N–H and O–H groups in total. The Morgan fingerprint density at radius 1 is 0.500 bits per heavy atom. The smallest absolute Gasteiger partial charge is 0.345 e. The van der Waals surface area contributed by atoms with E-state index in [0.717, 1.165) is 0 Å². The largest absolute Gasteiger partial charge is 0.493 e. The van der Waals surface area contributed by atoms with E-state index in [0.29, 0.717) is 89.9 Å². The number of carbonyl (C=O) groups is 5. The molecule has 48 heavy (non-hydrogen) atoms. The summed E-state index contributed by atoms with van der Waals surface area (Å²) in [6, 6.07) is 3.22. The van der Waals surface area contributed by atoms with E-state index in [4.69, 9.17) is 18.9 Å². The predicted octanol–water partition coefficient (Wildman–Crippen LogP) is 3.31. The Balaban J connectivity index is 3.06. The average Bonchev–Trinajstić information content (AvgIpc) is 3.09. The van der Waals surface area contributed by atoms with E-state index >= 15 is 0 Å². The van der Waals surface area contributed by atoms with Gasteiger partial charge in [-0.2, -0.15) is 0 Å². The molecule has 0 bridgehead atoms. The van der Waals surface area contributed by atoms with Gasteiger partial charge in [-0.05, 0) is 75.7 Å². The fourth-order valence-electron chi connectivity index (χ4n) is 3.91. The summed E-state index contributed by atoms with van der Waals surface area (Å²) in [5.41, 5.74) is 0.106. The van der Waals surface area contributed by atoms with Gasteiger partial charge < -0.3 is 40.2 Å². The molecule has 0 spiro atoms. The van der Waals surface area contributed by atoms with Crippen molar-refractivity contribution in [2.75, 3.05) is 52.6 Å². The van der Waals surface area contributed by atoms with Crippen LogP contribution in [0, 0.1) is 0 Å². The Hall–Kier alpha value is -5.07. The number of carbonyl (C=O) groups excluding carboxylic acids is 5. The SMILES string of the molecule is C=CC(=O)NCCCCOC(=O)c1c(OCCCCNC(=O)C=C)cc(OCCCCNC(=O)C=C)cc1OCCCCNC(=O)C=C. The third-order valence-electron chi connectivity index (χ3n) is 6.48. The molecule has 0 unspecified atom stereocenters. The third kappa shape index (κ3) is 18.8. The minimum absolute atomic E-state index is 0.105. The van der Waals surface area contributed by atoms with Crippen LogP contribution in [0.3, 0.4) is 0 Å². The Kier molecular flexibility index (Phi) is 22.2. The lowest BCUT2D eigenvalue weighted by Crippen LogP contribution is -2.22. The summed E-state index contributed by atoms with van der Waals surface area (Å²) in [5, 5.41) is 10.8. The number of benzene rings is 1. The molecule has 0 aliphatic rings. The molecule has 13 heteroatoms. The van der Waals surface area contributed by atoms with Crippen LogP contribution in [0.15, 0.2) is 62.8 Å². The molecular formula is C35H50N4O9. The van der Waals surface area contributed by atoms with Crippen molar-refractivity contribution in [3.05, 3.63) is 68.3 Å². The summed E-state index contributed by atoms with van der Waals surface area (Å²) in [5.74, 6) is -0.827. The highest BCUT2D eigenvalue weighted by atomic mass is 16.5. The molecule has 0 radical (unpaired) electrons. The molecule has 0 aliphatic carbocycles. The summed E-state index contributed by atoms with van der Waals surface area (Å²) in [7, 11) is 0. The minimum atomic E-state index is -0.642. The topological polar surface area (TPSA) is 170 Å². The fraction of sp³-hybridized carbons (Fsp3) is 0.457. The zero-order valence-corrected chi connectivity index (χ0v) is 27.8. The second kappa shape index (κ2) is 26.0. The number of nitrogens with one attached hydrogen (secondary N) is 4. The van der Waals surface area contributed by atoms with Crippen molar-refractivity contribution in [1.29, 1.82) is 0 Å². The summed E-state index contributed by atoms with van der Waals surface area (Å²) in [4.78, 5) is 59.0. The van der Waals surface area contributed by atoms with Crippen molar-refractivity contribution in [1.82, 2.24) is 21.3 Å². The zero-order valence-electron chi connectivity index (χ0n) is 27.8. The lowest BCUT2D eigenvalue weighted by molar-refractivity contribution is -0.117. The number of amides is 4. The quantitative estimate of drug-likeness (QED) is 0.0594. The average molecular weight is 671 g/mol. The van der Waals surface area contributed by atoms with Crippen molar-refractivity contribution < 1.29 is 42.9 Å². The van der Waals surface area contributed by atoms with E-state index in [9.17, 15) is 24.0 Å². The molecule has 0 atom stereocenters. The van der Waals surface area contributed by atoms with Gasteiger partial charge in [-0.25, -0.2) is 4.79 Å². The Labute approximate surface area is 283 Å². The van der Waals surface area contributed by atoms with Crippen LogP contribution >= 0.6 is 0 Å². The Bertz CT molecular complexity index is 1180. The molecule has 0 saturated heterocycles. The van der Waals surface area contributed by atoms with Gasteiger partial charge in [-0.15, -0.1) is 0 Å². The van der Waals surface area contributed by atoms with E-state index in [2.05, 4.69) is 47.6 Å². The lowest BCUT2D eigenvalue weighted by Gasteiger charge is -2.18. The monoisotopic (exact) mass is 670 g/mol. The van der Waals surface area contributed by atoms with Crippen molar-refractivity contribution in [2.45, 2.75) is 51.4 Å². The van der Waals surface area contributed by atoms with Crippen molar-refractivity contribution >= 4 is 29.6 Å². The molecule has 1 rings (SSSR count). The van der Waals surface area contributed by atoms with Gasteiger partial charge in [-0.3, -0.25) is 19.2 Å². The number of rotatable bonds is 28. The first-order valence-corrected chi connectivity index (χ1v) is 16.1. The van der Waals surface area contributed by atoms with E-state index in [-0.39, 0.29) is 60.5 Å². The molecule has 0 fully saturated rings. The van der Waals surface area contributed by atoms with E-state index in [1.807, 2.05) is 0 Å². The highest BCUT2D eigenvalue weighted by Crippen LogP contribution is 2.35. The highest BCUT2D eigenvalue weighted by Gasteiger charge is 2.23. The van der Waals surface area contributed by atoms with Gasteiger partial charge in [0, 0.05) is 38.3 Å². The molecule has 1 aromatic rings. The summed E-state index contributed by atoms with van der Waals surface area (Å²) in [6.45, 7) is 16.4. The first-order chi connectivity index (χ1) is 23.2. The Morgan fingerprint density at radius 3 is 1.19 bits per heavy atom. The molecule has 0 saturated carbocycles. The van der Waals surface area contributed by atoms with Crippen LogP contribution < -0.4 is 35.5 Å². The molecule has 13 nitrogen and oxygen atoms in total. The second-order valence-electron chi connectivity index (χ2n) is 10.3. The van der Waals surface area contributed by atoms with Crippen LogP contribution in [0.4, 0.5) is 0 Å². The first-order valence-electron chi connectivity index (χ1n) is 16.1. The maximum Gasteiger partial charge on any atom is 0.345 e. The van der Waals surface area contributed by atoms with Gasteiger partial charge >= 0.3 is 5.97 Å². The Morgan fingerprint density at radius 2 is 0.833 bits per heavy atom. The zero-order chi connectivity index (χ0) is 35.4. The van der Waals surface area contributed by atoms with E-state index < -0.39 is 5.97 Å². The van der Waals surface area contributed by atoms with Gasteiger partial charge in [0.15, 0.2) is 0 Å². The number of unbranched alkanes of at least 4 members (excludes halogenated alkanes) is 4. The first kappa shape index (κ1) is 41.0. The van der Waals surface area contributed by atoms with Crippen LogP contribution in [0.2, 0.25) is 0 Å².